The molecule has 1 aromatic heterocycles. The van der Waals surface area contributed by atoms with Crippen molar-refractivity contribution < 1.29 is 14.1 Å². The number of anilines is 1. The second-order valence-corrected chi connectivity index (χ2v) is 6.17. The number of aryl methyl sites for hydroxylation is 1. The van der Waals surface area contributed by atoms with Crippen molar-refractivity contribution in [1.29, 1.82) is 0 Å². The lowest BCUT2D eigenvalue weighted by Crippen LogP contribution is -2.11. The summed E-state index contributed by atoms with van der Waals surface area (Å²) >= 11 is 2.21. The van der Waals surface area contributed by atoms with Crippen LogP contribution in [0.1, 0.15) is 15.9 Å². The smallest absolute Gasteiger partial charge is 0.270 e. The molecule has 0 saturated carbocycles. The van der Waals surface area contributed by atoms with Gasteiger partial charge in [0.2, 0.25) is 0 Å². The van der Waals surface area contributed by atoms with Gasteiger partial charge in [-0.1, -0.05) is 0 Å². The normalized spacial score (nSPS) is 10.7. The van der Waals surface area contributed by atoms with E-state index in [-0.39, 0.29) is 17.2 Å². The standard InChI is InChI=1S/C16H11IN2O4/c1-9-6-10(2-4-14(9)17)18-16(20)13-8-23-15-5-3-11(19(21)22)7-12(13)15/h2-8H,1H3,(H,18,20). The number of rotatable bonds is 3. The number of nitrogens with zero attached hydrogens (tertiary/aromatic N) is 1. The van der Waals surface area contributed by atoms with E-state index in [1.165, 1.54) is 24.5 Å². The zero-order chi connectivity index (χ0) is 16.6. The van der Waals surface area contributed by atoms with E-state index in [1.807, 2.05) is 19.1 Å². The molecule has 0 fully saturated rings. The number of nitrogens with one attached hydrogen (secondary N) is 1. The number of amides is 1. The van der Waals surface area contributed by atoms with Crippen LogP contribution in [0.25, 0.3) is 11.0 Å². The van der Waals surface area contributed by atoms with E-state index in [0.717, 1.165) is 9.13 Å². The molecule has 0 unspecified atom stereocenters. The Bertz CT molecular complexity index is 933. The first-order valence-electron chi connectivity index (χ1n) is 6.69. The molecule has 0 aliphatic rings. The van der Waals surface area contributed by atoms with Crippen molar-refractivity contribution in [2.75, 3.05) is 5.32 Å². The molecule has 6 nitrogen and oxygen atoms in total. The van der Waals surface area contributed by atoms with Crippen LogP contribution in [0.2, 0.25) is 0 Å². The topological polar surface area (TPSA) is 85.4 Å². The monoisotopic (exact) mass is 422 g/mol. The predicted octanol–water partition coefficient (Wildman–Crippen LogP) is 4.51. The van der Waals surface area contributed by atoms with E-state index in [1.54, 1.807) is 6.07 Å². The minimum atomic E-state index is -0.503. The predicted molar refractivity (Wildman–Crippen MR) is 94.7 cm³/mol. The summed E-state index contributed by atoms with van der Waals surface area (Å²) in [6.45, 7) is 1.95. The Kier molecular flexibility index (Phi) is 4.03. The first kappa shape index (κ1) is 15.5. The molecule has 116 valence electrons. The van der Waals surface area contributed by atoms with E-state index in [2.05, 4.69) is 27.9 Å². The average Bonchev–Trinajstić information content (AvgIpc) is 2.94. The highest BCUT2D eigenvalue weighted by Crippen LogP contribution is 2.27. The van der Waals surface area contributed by atoms with Gasteiger partial charge >= 0.3 is 0 Å². The zero-order valence-electron chi connectivity index (χ0n) is 12.0. The molecule has 1 N–H and O–H groups in total. The van der Waals surface area contributed by atoms with Crippen LogP contribution in [0.3, 0.4) is 0 Å². The van der Waals surface area contributed by atoms with Gasteiger partial charge in [0.05, 0.1) is 10.5 Å². The van der Waals surface area contributed by atoms with E-state index in [4.69, 9.17) is 4.42 Å². The quantitative estimate of drug-likeness (QED) is 0.383. The molecule has 3 rings (SSSR count). The van der Waals surface area contributed by atoms with E-state index in [0.29, 0.717) is 16.7 Å². The number of nitro groups is 1. The summed E-state index contributed by atoms with van der Waals surface area (Å²) in [7, 11) is 0. The number of hydrogen-bond donors (Lipinski definition) is 1. The van der Waals surface area contributed by atoms with E-state index in [9.17, 15) is 14.9 Å². The summed E-state index contributed by atoms with van der Waals surface area (Å²) in [6.07, 6.45) is 1.31. The number of carbonyl (C=O) groups is 1. The van der Waals surface area contributed by atoms with Crippen molar-refractivity contribution in [3.8, 4) is 0 Å². The third-order valence-corrected chi connectivity index (χ3v) is 4.64. The number of halogens is 1. The number of carbonyl (C=O) groups excluding carboxylic acids is 1. The Labute approximate surface area is 144 Å². The molecular weight excluding hydrogens is 411 g/mol. The van der Waals surface area contributed by atoms with Crippen molar-refractivity contribution in [3.05, 3.63) is 67.5 Å². The number of furan rings is 1. The maximum Gasteiger partial charge on any atom is 0.270 e. The SMILES string of the molecule is Cc1cc(NC(=O)c2coc3ccc([N+](=O)[O-])cc23)ccc1I. The van der Waals surface area contributed by atoms with Gasteiger partial charge < -0.3 is 9.73 Å². The van der Waals surface area contributed by atoms with E-state index >= 15 is 0 Å². The molecule has 0 bridgehead atoms. The highest BCUT2D eigenvalue weighted by Gasteiger charge is 2.17. The van der Waals surface area contributed by atoms with Crippen molar-refractivity contribution in [3.63, 3.8) is 0 Å². The van der Waals surface area contributed by atoms with Gasteiger partial charge in [-0.05, 0) is 59.3 Å². The lowest BCUT2D eigenvalue weighted by atomic mass is 10.1. The minimum absolute atomic E-state index is 0.0851. The highest BCUT2D eigenvalue weighted by atomic mass is 127. The summed E-state index contributed by atoms with van der Waals surface area (Å²) in [5.74, 6) is -0.371. The Morgan fingerprint density at radius 2 is 2.04 bits per heavy atom. The zero-order valence-corrected chi connectivity index (χ0v) is 14.2. The maximum absolute atomic E-state index is 12.4. The fourth-order valence-corrected chi connectivity index (χ4v) is 2.56. The first-order chi connectivity index (χ1) is 11.0. The van der Waals surface area contributed by atoms with Crippen molar-refractivity contribution in [2.45, 2.75) is 6.92 Å². The van der Waals surface area contributed by atoms with Crippen molar-refractivity contribution in [1.82, 2.24) is 0 Å². The lowest BCUT2D eigenvalue weighted by Gasteiger charge is -2.06. The molecule has 1 amide bonds. The molecule has 0 saturated heterocycles. The molecular formula is C16H11IN2O4. The largest absolute Gasteiger partial charge is 0.463 e. The Morgan fingerprint density at radius 3 is 2.74 bits per heavy atom. The maximum atomic E-state index is 12.4. The Balaban J connectivity index is 1.95. The summed E-state index contributed by atoms with van der Waals surface area (Å²) < 4.78 is 6.40. The van der Waals surface area contributed by atoms with Gasteiger partial charge in [-0.15, -0.1) is 0 Å². The van der Waals surface area contributed by atoms with Crippen LogP contribution in [0.4, 0.5) is 11.4 Å². The van der Waals surface area contributed by atoms with Crippen LogP contribution in [-0.4, -0.2) is 10.8 Å². The van der Waals surface area contributed by atoms with Gasteiger partial charge in [0, 0.05) is 26.8 Å². The van der Waals surface area contributed by atoms with Crippen LogP contribution >= 0.6 is 22.6 Å². The summed E-state index contributed by atoms with van der Waals surface area (Å²) in [4.78, 5) is 22.8. The number of benzene rings is 2. The van der Waals surface area contributed by atoms with E-state index < -0.39 is 4.92 Å². The van der Waals surface area contributed by atoms with Gasteiger partial charge in [-0.3, -0.25) is 14.9 Å². The fourth-order valence-electron chi connectivity index (χ4n) is 2.23. The van der Waals surface area contributed by atoms with Crippen LogP contribution in [-0.2, 0) is 0 Å². The second kappa shape index (κ2) is 5.99. The third kappa shape index (κ3) is 3.04. The van der Waals surface area contributed by atoms with Crippen LogP contribution in [0.5, 0.6) is 0 Å². The molecule has 7 heteroatoms. The fraction of sp³-hybridized carbons (Fsp3) is 0.0625. The molecule has 0 atom stereocenters. The Morgan fingerprint density at radius 1 is 1.26 bits per heavy atom. The molecule has 0 spiro atoms. The molecule has 1 heterocycles. The summed E-state index contributed by atoms with van der Waals surface area (Å²) in [5.41, 5.74) is 2.32. The molecule has 0 aliphatic heterocycles. The van der Waals surface area contributed by atoms with Gasteiger partial charge in [0.1, 0.15) is 11.8 Å². The summed E-state index contributed by atoms with van der Waals surface area (Å²) in [5, 5.41) is 14.1. The second-order valence-electron chi connectivity index (χ2n) is 5.01. The van der Waals surface area contributed by atoms with Crippen LogP contribution < -0.4 is 5.32 Å². The summed E-state index contributed by atoms with van der Waals surface area (Å²) in [6, 6.07) is 9.74. The van der Waals surface area contributed by atoms with Gasteiger partial charge in [-0.25, -0.2) is 0 Å². The number of non-ortho nitro benzene ring substituents is 1. The number of fused-ring (bicyclic) bond motifs is 1. The van der Waals surface area contributed by atoms with Crippen LogP contribution in [0, 0.1) is 20.6 Å². The lowest BCUT2D eigenvalue weighted by molar-refractivity contribution is -0.384. The molecule has 3 aromatic rings. The average molecular weight is 422 g/mol. The van der Waals surface area contributed by atoms with Gasteiger partial charge in [0.15, 0.2) is 0 Å². The molecule has 2 aromatic carbocycles. The van der Waals surface area contributed by atoms with Gasteiger partial charge in [-0.2, -0.15) is 0 Å². The first-order valence-corrected chi connectivity index (χ1v) is 7.77. The van der Waals surface area contributed by atoms with Crippen LogP contribution in [0.15, 0.2) is 47.1 Å². The highest BCUT2D eigenvalue weighted by molar-refractivity contribution is 14.1. The van der Waals surface area contributed by atoms with Gasteiger partial charge in [0.25, 0.3) is 11.6 Å². The molecule has 0 aliphatic carbocycles. The number of nitro benzene ring substituents is 1. The Hall–Kier alpha value is -2.42. The molecule has 23 heavy (non-hydrogen) atoms. The van der Waals surface area contributed by atoms with Crippen molar-refractivity contribution in [2.24, 2.45) is 0 Å². The third-order valence-electron chi connectivity index (χ3n) is 3.43. The van der Waals surface area contributed by atoms with Crippen molar-refractivity contribution >= 4 is 50.8 Å². The number of hydrogen-bond acceptors (Lipinski definition) is 4. The molecule has 0 radical (unpaired) electrons. The minimum Gasteiger partial charge on any atom is -0.463 e.